The van der Waals surface area contributed by atoms with E-state index in [4.69, 9.17) is 11.6 Å². The van der Waals surface area contributed by atoms with Gasteiger partial charge in [0.05, 0.1) is 10.7 Å². The van der Waals surface area contributed by atoms with Crippen molar-refractivity contribution in [2.75, 3.05) is 7.11 Å². The number of aromatic nitrogens is 1. The molecule has 0 fully saturated rings. The maximum Gasteiger partial charge on any atom is 0.354 e. The summed E-state index contributed by atoms with van der Waals surface area (Å²) in [6.07, 6.45) is 0. The molecule has 0 radical (unpaired) electrons. The van der Waals surface area contributed by atoms with E-state index in [1.807, 2.05) is 22.6 Å². The number of ether oxygens (including phenoxy) is 1. The number of halogens is 2. The van der Waals surface area contributed by atoms with Crippen LogP contribution in [0.25, 0.3) is 0 Å². The lowest BCUT2D eigenvalue weighted by Crippen LogP contribution is -2.00. The molecule has 3 nitrogen and oxygen atoms in total. The number of nitrogens with one attached hydrogen (secondary N) is 1. The fraction of sp³-hybridized carbons (Fsp3) is 0.167. The van der Waals surface area contributed by atoms with Gasteiger partial charge in [0.15, 0.2) is 0 Å². The molecular weight excluding hydrogens is 280 g/mol. The third kappa shape index (κ3) is 1.87. The largest absolute Gasteiger partial charge is 0.464 e. The maximum absolute atomic E-state index is 10.9. The predicted molar refractivity (Wildman–Crippen MR) is 49.9 cm³/mol. The molecule has 0 spiro atoms. The summed E-state index contributed by atoms with van der Waals surface area (Å²) in [7, 11) is 1.32. The van der Waals surface area contributed by atoms with Gasteiger partial charge in [0.1, 0.15) is 10.8 Å². The first kappa shape index (κ1) is 8.86. The molecule has 0 aliphatic heterocycles. The minimum absolute atomic E-state index is 0.377. The Balaban J connectivity index is 2.97. The number of carbonyl (C=O) groups excluding carboxylic acids is 1. The van der Waals surface area contributed by atoms with E-state index >= 15 is 0 Å². The number of aromatic amines is 1. The average molecular weight is 285 g/mol. The van der Waals surface area contributed by atoms with Gasteiger partial charge in [-0.05, 0) is 28.7 Å². The van der Waals surface area contributed by atoms with E-state index in [0.717, 1.165) is 3.57 Å². The van der Waals surface area contributed by atoms with Crippen LogP contribution in [0.5, 0.6) is 0 Å². The molecule has 0 aliphatic carbocycles. The highest BCUT2D eigenvalue weighted by Gasteiger charge is 2.10. The third-order valence-corrected chi connectivity index (χ3v) is 2.60. The minimum Gasteiger partial charge on any atom is -0.464 e. The molecule has 0 saturated heterocycles. The van der Waals surface area contributed by atoms with Crippen LogP contribution in [-0.4, -0.2) is 18.1 Å². The normalized spacial score (nSPS) is 9.73. The molecule has 1 rings (SSSR count). The summed E-state index contributed by atoms with van der Waals surface area (Å²) in [5.74, 6) is -0.408. The zero-order valence-corrected chi connectivity index (χ0v) is 8.56. The van der Waals surface area contributed by atoms with Crippen molar-refractivity contribution >= 4 is 40.2 Å². The van der Waals surface area contributed by atoms with Crippen LogP contribution in [0.2, 0.25) is 5.15 Å². The Morgan fingerprint density at radius 2 is 2.45 bits per heavy atom. The molecule has 0 bridgehead atoms. The van der Waals surface area contributed by atoms with Crippen molar-refractivity contribution < 1.29 is 9.53 Å². The Bertz CT molecular complexity index is 265. The van der Waals surface area contributed by atoms with Crippen LogP contribution in [0.1, 0.15) is 10.5 Å². The lowest BCUT2D eigenvalue weighted by molar-refractivity contribution is 0.0595. The van der Waals surface area contributed by atoms with Crippen LogP contribution in [0.15, 0.2) is 6.07 Å². The average Bonchev–Trinajstić information content (AvgIpc) is 2.31. The van der Waals surface area contributed by atoms with Crippen molar-refractivity contribution in [2.24, 2.45) is 0 Å². The summed E-state index contributed by atoms with van der Waals surface area (Å²) in [4.78, 5) is 13.5. The fourth-order valence-electron chi connectivity index (χ4n) is 0.624. The summed E-state index contributed by atoms with van der Waals surface area (Å²) >= 11 is 7.68. The first-order valence-corrected chi connectivity index (χ1v) is 4.23. The van der Waals surface area contributed by atoms with E-state index in [0.29, 0.717) is 10.8 Å². The maximum atomic E-state index is 10.9. The zero-order valence-electron chi connectivity index (χ0n) is 5.65. The molecule has 1 N–H and O–H groups in total. The second-order valence-corrected chi connectivity index (χ2v) is 3.38. The van der Waals surface area contributed by atoms with Gasteiger partial charge in [0.2, 0.25) is 0 Å². The topological polar surface area (TPSA) is 42.1 Å². The Kier molecular flexibility index (Phi) is 2.78. The van der Waals surface area contributed by atoms with Gasteiger partial charge in [-0.3, -0.25) is 0 Å². The van der Waals surface area contributed by atoms with E-state index in [1.165, 1.54) is 7.11 Å². The molecule has 1 aromatic rings. The van der Waals surface area contributed by atoms with Gasteiger partial charge >= 0.3 is 5.97 Å². The second-order valence-electron chi connectivity index (χ2n) is 1.84. The SMILES string of the molecule is COC(=O)c1cc(I)c(Cl)[nH]1. The minimum atomic E-state index is -0.408. The fourth-order valence-corrected chi connectivity index (χ4v) is 1.23. The first-order chi connectivity index (χ1) is 5.15. The van der Waals surface area contributed by atoms with E-state index < -0.39 is 5.97 Å². The molecule has 0 aliphatic rings. The van der Waals surface area contributed by atoms with E-state index in [-0.39, 0.29) is 0 Å². The second kappa shape index (κ2) is 3.44. The van der Waals surface area contributed by atoms with E-state index in [2.05, 4.69) is 9.72 Å². The van der Waals surface area contributed by atoms with E-state index in [1.54, 1.807) is 6.07 Å². The Morgan fingerprint density at radius 1 is 1.82 bits per heavy atom. The molecule has 60 valence electrons. The summed E-state index contributed by atoms with van der Waals surface area (Å²) in [6, 6.07) is 1.63. The summed E-state index contributed by atoms with van der Waals surface area (Å²) < 4.78 is 5.28. The highest BCUT2D eigenvalue weighted by atomic mass is 127. The number of methoxy groups -OCH3 is 1. The number of hydrogen-bond donors (Lipinski definition) is 1. The van der Waals surface area contributed by atoms with Gasteiger partial charge in [-0.25, -0.2) is 4.79 Å². The van der Waals surface area contributed by atoms with Crippen LogP contribution in [-0.2, 0) is 4.74 Å². The summed E-state index contributed by atoms with van der Waals surface area (Å²) in [5.41, 5.74) is 0.377. The first-order valence-electron chi connectivity index (χ1n) is 2.77. The van der Waals surface area contributed by atoms with Crippen molar-refractivity contribution in [3.05, 3.63) is 20.5 Å². The summed E-state index contributed by atoms with van der Waals surface area (Å²) in [5, 5.41) is 0.464. The molecule has 5 heteroatoms. The molecule has 0 saturated carbocycles. The summed E-state index contributed by atoms with van der Waals surface area (Å²) in [6.45, 7) is 0. The highest BCUT2D eigenvalue weighted by molar-refractivity contribution is 14.1. The van der Waals surface area contributed by atoms with Gasteiger partial charge < -0.3 is 9.72 Å². The van der Waals surface area contributed by atoms with Gasteiger partial charge in [0.25, 0.3) is 0 Å². The van der Waals surface area contributed by atoms with Crippen LogP contribution >= 0.6 is 34.2 Å². The number of esters is 1. The van der Waals surface area contributed by atoms with Crippen molar-refractivity contribution in [1.82, 2.24) is 4.98 Å². The monoisotopic (exact) mass is 285 g/mol. The van der Waals surface area contributed by atoms with Gasteiger partial charge in [-0.2, -0.15) is 0 Å². The molecule has 11 heavy (non-hydrogen) atoms. The van der Waals surface area contributed by atoms with Crippen molar-refractivity contribution in [3.8, 4) is 0 Å². The zero-order chi connectivity index (χ0) is 8.43. The highest BCUT2D eigenvalue weighted by Crippen LogP contribution is 2.18. The molecular formula is C6H5ClINO2. The number of carbonyl (C=O) groups is 1. The quantitative estimate of drug-likeness (QED) is 0.634. The van der Waals surface area contributed by atoms with Crippen molar-refractivity contribution in [2.45, 2.75) is 0 Å². The standard InChI is InChI=1S/C6H5ClINO2/c1-11-6(10)4-2-3(8)5(7)9-4/h2,9H,1H3. The smallest absolute Gasteiger partial charge is 0.354 e. The van der Waals surface area contributed by atoms with Crippen LogP contribution in [0, 0.1) is 3.57 Å². The number of hydrogen-bond acceptors (Lipinski definition) is 2. The van der Waals surface area contributed by atoms with Crippen molar-refractivity contribution in [1.29, 1.82) is 0 Å². The lowest BCUT2D eigenvalue weighted by Gasteiger charge is -1.91. The van der Waals surface area contributed by atoms with Gasteiger partial charge in [0, 0.05) is 0 Å². The third-order valence-electron chi connectivity index (χ3n) is 1.13. The molecule has 0 amide bonds. The van der Waals surface area contributed by atoms with Crippen LogP contribution < -0.4 is 0 Å². The van der Waals surface area contributed by atoms with E-state index in [9.17, 15) is 4.79 Å². The number of H-pyrrole nitrogens is 1. The van der Waals surface area contributed by atoms with Gasteiger partial charge in [-0.1, -0.05) is 11.6 Å². The molecule has 1 aromatic heterocycles. The molecule has 0 atom stereocenters. The Hall–Kier alpha value is -0.230. The molecule has 1 heterocycles. The lowest BCUT2D eigenvalue weighted by atomic mass is 10.4. The van der Waals surface area contributed by atoms with Crippen LogP contribution in [0.3, 0.4) is 0 Å². The molecule has 0 unspecified atom stereocenters. The number of rotatable bonds is 1. The Morgan fingerprint density at radius 3 is 2.82 bits per heavy atom. The Labute approximate surface area is 82.2 Å². The van der Waals surface area contributed by atoms with Crippen LogP contribution in [0.4, 0.5) is 0 Å². The van der Waals surface area contributed by atoms with Crippen molar-refractivity contribution in [3.63, 3.8) is 0 Å². The molecule has 0 aromatic carbocycles. The predicted octanol–water partition coefficient (Wildman–Crippen LogP) is 2.06. The van der Waals surface area contributed by atoms with Gasteiger partial charge in [-0.15, -0.1) is 0 Å².